The first-order valence-electron chi connectivity index (χ1n) is 11.0. The van der Waals surface area contributed by atoms with Crippen LogP contribution in [0.4, 0.5) is 8.78 Å². The number of benzene rings is 2. The number of hydrogen-bond acceptors (Lipinski definition) is 6. The molecule has 1 aliphatic rings. The Kier molecular flexibility index (Phi) is 6.69. The van der Waals surface area contributed by atoms with Gasteiger partial charge in [-0.1, -0.05) is 12.1 Å². The average Bonchev–Trinajstić information content (AvgIpc) is 3.26. The number of rotatable bonds is 8. The van der Waals surface area contributed by atoms with E-state index in [1.807, 2.05) is 0 Å². The smallest absolute Gasteiger partial charge is 0.387 e. The van der Waals surface area contributed by atoms with E-state index >= 15 is 0 Å². The zero-order valence-corrected chi connectivity index (χ0v) is 19.7. The van der Waals surface area contributed by atoms with Gasteiger partial charge >= 0.3 is 12.6 Å². The molecule has 1 atom stereocenters. The van der Waals surface area contributed by atoms with Crippen LogP contribution < -0.4 is 4.74 Å². The summed E-state index contributed by atoms with van der Waals surface area (Å²) in [6.45, 7) is 1.33. The number of Topliss-reactive ketones (excluding diaryl/α,β-unsaturated/α-hetero) is 1. The summed E-state index contributed by atoms with van der Waals surface area (Å²) in [7, 11) is 0. The van der Waals surface area contributed by atoms with Gasteiger partial charge in [0.25, 0.3) is 11.8 Å². The predicted molar refractivity (Wildman–Crippen MR) is 124 cm³/mol. The summed E-state index contributed by atoms with van der Waals surface area (Å²) in [5.74, 6) is -2.55. The van der Waals surface area contributed by atoms with E-state index in [-0.39, 0.29) is 16.9 Å². The Morgan fingerprint density at radius 1 is 0.944 bits per heavy atom. The summed E-state index contributed by atoms with van der Waals surface area (Å²) < 4.78 is 36.2. The third kappa shape index (κ3) is 4.61. The Hall–Kier alpha value is -4.34. The fourth-order valence-corrected chi connectivity index (χ4v) is 4.20. The highest BCUT2D eigenvalue weighted by Crippen LogP contribution is 2.25. The Balaban J connectivity index is 1.45. The van der Waals surface area contributed by atoms with E-state index in [2.05, 4.69) is 4.74 Å². The number of ether oxygens (including phenoxy) is 2. The van der Waals surface area contributed by atoms with Gasteiger partial charge in [-0.15, -0.1) is 0 Å². The zero-order valence-electron chi connectivity index (χ0n) is 19.7. The molecule has 2 amide bonds. The monoisotopic (exact) mass is 496 g/mol. The lowest BCUT2D eigenvalue weighted by atomic mass is 10.1. The quantitative estimate of drug-likeness (QED) is 0.265. The molecule has 186 valence electrons. The van der Waals surface area contributed by atoms with Crippen molar-refractivity contribution in [1.82, 2.24) is 9.47 Å². The summed E-state index contributed by atoms with van der Waals surface area (Å²) >= 11 is 0. The minimum atomic E-state index is -2.93. The second kappa shape index (κ2) is 9.73. The number of esters is 1. The van der Waals surface area contributed by atoms with Crippen LogP contribution in [0.5, 0.6) is 5.75 Å². The highest BCUT2D eigenvalue weighted by atomic mass is 19.3. The molecule has 36 heavy (non-hydrogen) atoms. The number of hydrogen-bond donors (Lipinski definition) is 0. The Labute approximate surface area is 205 Å². The number of amides is 2. The van der Waals surface area contributed by atoms with Crippen LogP contribution in [0.25, 0.3) is 5.69 Å². The maximum atomic E-state index is 13.1. The van der Waals surface area contributed by atoms with Gasteiger partial charge in [0.05, 0.1) is 11.1 Å². The molecule has 0 spiro atoms. The highest BCUT2D eigenvalue weighted by molar-refractivity contribution is 6.22. The fourth-order valence-electron chi connectivity index (χ4n) is 4.20. The Morgan fingerprint density at radius 2 is 1.53 bits per heavy atom. The van der Waals surface area contributed by atoms with Gasteiger partial charge in [0.1, 0.15) is 12.3 Å². The fraction of sp³-hybridized carbons (Fsp3) is 0.231. The summed E-state index contributed by atoms with van der Waals surface area (Å²) in [6.07, 6.45) is -1.18. The van der Waals surface area contributed by atoms with Gasteiger partial charge in [0.15, 0.2) is 6.10 Å². The number of halogens is 2. The molecule has 3 aromatic rings. The first-order chi connectivity index (χ1) is 17.1. The minimum Gasteiger partial charge on any atom is -0.453 e. The largest absolute Gasteiger partial charge is 0.453 e. The van der Waals surface area contributed by atoms with Gasteiger partial charge in [0.2, 0.25) is 5.78 Å². The Bertz CT molecular complexity index is 1330. The lowest BCUT2D eigenvalue weighted by molar-refractivity contribution is -0.146. The predicted octanol–water partition coefficient (Wildman–Crippen LogP) is 4.11. The topological polar surface area (TPSA) is 94.9 Å². The normalized spacial score (nSPS) is 13.7. The number of aromatic nitrogens is 1. The first kappa shape index (κ1) is 24.8. The van der Waals surface area contributed by atoms with E-state index in [9.17, 15) is 28.0 Å². The van der Waals surface area contributed by atoms with Crippen molar-refractivity contribution in [3.63, 3.8) is 0 Å². The van der Waals surface area contributed by atoms with Gasteiger partial charge in [-0.05, 0) is 63.2 Å². The molecule has 0 radical (unpaired) electrons. The summed E-state index contributed by atoms with van der Waals surface area (Å²) in [6, 6.07) is 13.8. The van der Waals surface area contributed by atoms with Crippen molar-refractivity contribution in [2.45, 2.75) is 33.5 Å². The summed E-state index contributed by atoms with van der Waals surface area (Å²) in [5.41, 5.74) is 2.61. The summed E-state index contributed by atoms with van der Waals surface area (Å²) in [4.78, 5) is 51.3. The van der Waals surface area contributed by atoms with Gasteiger partial charge in [-0.25, -0.2) is 0 Å². The van der Waals surface area contributed by atoms with Crippen molar-refractivity contribution < 1.29 is 37.4 Å². The molecular weight excluding hydrogens is 474 g/mol. The third-order valence-corrected chi connectivity index (χ3v) is 5.86. The van der Waals surface area contributed by atoms with E-state index in [0.717, 1.165) is 4.90 Å². The number of carbonyl (C=O) groups excluding carboxylic acids is 4. The van der Waals surface area contributed by atoms with Gasteiger partial charge in [-0.2, -0.15) is 8.78 Å². The van der Waals surface area contributed by atoms with E-state index < -0.39 is 42.8 Å². The van der Waals surface area contributed by atoms with Gasteiger partial charge in [0, 0.05) is 22.6 Å². The van der Waals surface area contributed by atoms with Crippen LogP contribution in [0.2, 0.25) is 0 Å². The van der Waals surface area contributed by atoms with Crippen LogP contribution in [-0.2, 0) is 9.53 Å². The second-order valence-electron chi connectivity index (χ2n) is 8.23. The van der Waals surface area contributed by atoms with Gasteiger partial charge < -0.3 is 14.0 Å². The molecule has 2 heterocycles. The first-order valence-corrected chi connectivity index (χ1v) is 11.0. The lowest BCUT2D eigenvalue weighted by Gasteiger charge is -2.16. The van der Waals surface area contributed by atoms with E-state index in [0.29, 0.717) is 22.6 Å². The molecule has 0 saturated carbocycles. The second-order valence-corrected chi connectivity index (χ2v) is 8.23. The van der Waals surface area contributed by atoms with Crippen molar-refractivity contribution >= 4 is 23.6 Å². The standard InChI is InChI=1S/C26H22F2N2O6/c1-14-12-21(15(2)30(14)17-8-10-18(11-9-17)36-26(27)28)23(32)16(3)35-22(31)13-29-24(33)19-6-4-5-7-20(19)25(29)34/h4-12,16,26H,13H2,1-3H3. The van der Waals surface area contributed by atoms with Crippen molar-refractivity contribution in [3.05, 3.63) is 82.7 Å². The van der Waals surface area contributed by atoms with E-state index in [1.165, 1.54) is 31.2 Å². The minimum absolute atomic E-state index is 0.00566. The molecule has 0 bridgehead atoms. The maximum Gasteiger partial charge on any atom is 0.387 e. The molecule has 10 heteroatoms. The molecule has 1 aromatic heterocycles. The Morgan fingerprint density at radius 3 is 2.08 bits per heavy atom. The number of carbonyl (C=O) groups is 4. The molecular formula is C26H22F2N2O6. The molecule has 0 fully saturated rings. The summed E-state index contributed by atoms with van der Waals surface area (Å²) in [5, 5.41) is 0. The van der Waals surface area contributed by atoms with E-state index in [4.69, 9.17) is 4.74 Å². The van der Waals surface area contributed by atoms with Gasteiger partial charge in [-0.3, -0.25) is 24.1 Å². The number of alkyl halides is 2. The highest BCUT2D eigenvalue weighted by Gasteiger charge is 2.37. The molecule has 2 aromatic carbocycles. The van der Waals surface area contributed by atoms with Crippen LogP contribution in [0, 0.1) is 13.8 Å². The zero-order chi connectivity index (χ0) is 26.1. The van der Waals surface area contributed by atoms with Crippen LogP contribution in [0.15, 0.2) is 54.6 Å². The third-order valence-electron chi connectivity index (χ3n) is 5.86. The molecule has 0 saturated heterocycles. The number of ketones is 1. The lowest BCUT2D eigenvalue weighted by Crippen LogP contribution is -2.37. The molecule has 1 unspecified atom stereocenters. The van der Waals surface area contributed by atoms with E-state index in [1.54, 1.807) is 48.7 Å². The van der Waals surface area contributed by atoms with Crippen LogP contribution in [0.3, 0.4) is 0 Å². The number of imide groups is 1. The van der Waals surface area contributed by atoms with Crippen molar-refractivity contribution in [1.29, 1.82) is 0 Å². The maximum absolute atomic E-state index is 13.1. The molecule has 0 aliphatic carbocycles. The number of fused-ring (bicyclic) bond motifs is 1. The number of aryl methyl sites for hydroxylation is 1. The van der Waals surface area contributed by atoms with Crippen molar-refractivity contribution in [3.8, 4) is 11.4 Å². The van der Waals surface area contributed by atoms with Crippen molar-refractivity contribution in [2.75, 3.05) is 6.54 Å². The van der Waals surface area contributed by atoms with Crippen LogP contribution in [-0.4, -0.2) is 52.3 Å². The van der Waals surface area contributed by atoms with Crippen molar-refractivity contribution in [2.24, 2.45) is 0 Å². The van der Waals surface area contributed by atoms with Crippen LogP contribution >= 0.6 is 0 Å². The molecule has 8 nitrogen and oxygen atoms in total. The number of nitrogens with zero attached hydrogens (tertiary/aromatic N) is 2. The molecule has 1 aliphatic heterocycles. The average molecular weight is 496 g/mol. The molecule has 4 rings (SSSR count). The SMILES string of the molecule is Cc1cc(C(=O)C(C)OC(=O)CN2C(=O)c3ccccc3C2=O)c(C)n1-c1ccc(OC(F)F)cc1. The van der Waals surface area contributed by atoms with Crippen LogP contribution in [0.1, 0.15) is 49.4 Å². The molecule has 0 N–H and O–H groups in total.